The van der Waals surface area contributed by atoms with Gasteiger partial charge < -0.3 is 15.0 Å². The van der Waals surface area contributed by atoms with Crippen LogP contribution >= 0.6 is 12.2 Å². The van der Waals surface area contributed by atoms with Crippen LogP contribution in [-0.2, 0) is 24.2 Å². The van der Waals surface area contributed by atoms with Crippen LogP contribution in [0.2, 0.25) is 0 Å². The van der Waals surface area contributed by atoms with Crippen molar-refractivity contribution in [3.63, 3.8) is 0 Å². The Kier molecular flexibility index (Phi) is 4.32. The third-order valence-corrected chi connectivity index (χ3v) is 4.24. The van der Waals surface area contributed by atoms with Gasteiger partial charge in [0.2, 0.25) is 0 Å². The van der Waals surface area contributed by atoms with E-state index in [0.717, 1.165) is 29.8 Å². The Hall–Kier alpha value is -1.65. The number of H-pyrrole nitrogens is 1. The highest BCUT2D eigenvalue weighted by Gasteiger charge is 2.27. The van der Waals surface area contributed by atoms with Crippen LogP contribution in [-0.4, -0.2) is 17.1 Å². The van der Waals surface area contributed by atoms with Crippen LogP contribution in [0.25, 0.3) is 0 Å². The minimum absolute atomic E-state index is 0.114. The summed E-state index contributed by atoms with van der Waals surface area (Å²) in [7, 11) is 0. The fraction of sp³-hybridized carbons (Fsp3) is 0.389. The molecule has 116 valence electrons. The summed E-state index contributed by atoms with van der Waals surface area (Å²) in [5, 5.41) is 3.49. The molecule has 2 heterocycles. The lowest BCUT2D eigenvalue weighted by Crippen LogP contribution is -2.32. The highest BCUT2D eigenvalue weighted by Crippen LogP contribution is 2.31. The largest absolute Gasteiger partial charge is 0.371 e. The van der Waals surface area contributed by atoms with Crippen molar-refractivity contribution in [2.45, 2.75) is 38.9 Å². The van der Waals surface area contributed by atoms with Crippen LogP contribution in [0, 0.1) is 4.64 Å². The zero-order valence-corrected chi connectivity index (χ0v) is 13.9. The number of hydrogen-bond donors (Lipinski definition) is 2. The molecule has 0 fully saturated rings. The molecule has 0 unspecified atom stereocenters. The first kappa shape index (κ1) is 15.3. The predicted molar refractivity (Wildman–Crippen MR) is 92.8 cm³/mol. The SMILES string of the molecule is CC1(C)Cc2cc(=S)[nH]c(NCCc3ccccc3)c2CO1. The zero-order valence-electron chi connectivity index (χ0n) is 13.1. The molecule has 3 rings (SSSR count). The number of aromatic amines is 1. The number of nitrogens with one attached hydrogen (secondary N) is 2. The molecule has 1 aromatic carbocycles. The van der Waals surface area contributed by atoms with E-state index >= 15 is 0 Å². The Labute approximate surface area is 136 Å². The lowest BCUT2D eigenvalue weighted by Gasteiger charge is -2.32. The summed E-state index contributed by atoms with van der Waals surface area (Å²) in [4.78, 5) is 3.27. The molecular formula is C18H22N2OS. The first-order valence-electron chi connectivity index (χ1n) is 7.70. The van der Waals surface area contributed by atoms with Gasteiger partial charge in [0.1, 0.15) is 10.5 Å². The maximum absolute atomic E-state index is 5.94. The monoisotopic (exact) mass is 314 g/mol. The highest BCUT2D eigenvalue weighted by atomic mass is 32.1. The topological polar surface area (TPSA) is 37.0 Å². The van der Waals surface area contributed by atoms with Gasteiger partial charge in [-0.25, -0.2) is 0 Å². The van der Waals surface area contributed by atoms with E-state index in [2.05, 4.69) is 54.5 Å². The number of pyridine rings is 1. The highest BCUT2D eigenvalue weighted by molar-refractivity contribution is 7.71. The molecule has 0 saturated carbocycles. The van der Waals surface area contributed by atoms with E-state index in [1.807, 2.05) is 6.07 Å². The molecule has 2 aromatic rings. The van der Waals surface area contributed by atoms with Crippen LogP contribution in [0.3, 0.4) is 0 Å². The van der Waals surface area contributed by atoms with Gasteiger partial charge in [0.15, 0.2) is 0 Å². The summed E-state index contributed by atoms with van der Waals surface area (Å²) < 4.78 is 6.72. The lowest BCUT2D eigenvalue weighted by atomic mass is 9.92. The van der Waals surface area contributed by atoms with E-state index in [4.69, 9.17) is 17.0 Å². The van der Waals surface area contributed by atoms with Crippen LogP contribution in [0.4, 0.5) is 5.82 Å². The fourth-order valence-corrected chi connectivity index (χ4v) is 3.11. The smallest absolute Gasteiger partial charge is 0.110 e. The Morgan fingerprint density at radius 1 is 1.27 bits per heavy atom. The van der Waals surface area contributed by atoms with Gasteiger partial charge in [-0.1, -0.05) is 42.5 Å². The van der Waals surface area contributed by atoms with Gasteiger partial charge >= 0.3 is 0 Å². The average Bonchev–Trinajstić information content (AvgIpc) is 2.46. The molecule has 0 amide bonds. The van der Waals surface area contributed by atoms with Crippen molar-refractivity contribution < 1.29 is 4.74 Å². The molecule has 0 atom stereocenters. The van der Waals surface area contributed by atoms with Crippen LogP contribution < -0.4 is 5.32 Å². The maximum atomic E-state index is 5.94. The number of aromatic nitrogens is 1. The first-order chi connectivity index (χ1) is 10.5. The number of benzene rings is 1. The molecule has 2 N–H and O–H groups in total. The number of fused-ring (bicyclic) bond motifs is 1. The van der Waals surface area contributed by atoms with Gasteiger partial charge in [-0.05, 0) is 37.5 Å². The third-order valence-electron chi connectivity index (χ3n) is 4.02. The molecule has 22 heavy (non-hydrogen) atoms. The normalized spacial score (nSPS) is 16.1. The summed E-state index contributed by atoms with van der Waals surface area (Å²) in [6.07, 6.45) is 1.88. The molecule has 1 aliphatic rings. The Morgan fingerprint density at radius 3 is 2.82 bits per heavy atom. The van der Waals surface area contributed by atoms with E-state index < -0.39 is 0 Å². The molecule has 1 aliphatic heterocycles. The summed E-state index contributed by atoms with van der Waals surface area (Å²) in [5.74, 6) is 1.01. The van der Waals surface area contributed by atoms with Crippen molar-refractivity contribution in [1.82, 2.24) is 4.98 Å². The van der Waals surface area contributed by atoms with Crippen molar-refractivity contribution in [1.29, 1.82) is 0 Å². The van der Waals surface area contributed by atoms with Crippen molar-refractivity contribution >= 4 is 18.0 Å². The summed E-state index contributed by atoms with van der Waals surface area (Å²) in [5.41, 5.74) is 3.72. The second kappa shape index (κ2) is 6.23. The molecule has 0 radical (unpaired) electrons. The zero-order chi connectivity index (χ0) is 15.6. The fourth-order valence-electron chi connectivity index (χ4n) is 2.87. The van der Waals surface area contributed by atoms with E-state index in [9.17, 15) is 0 Å². The Morgan fingerprint density at radius 2 is 2.05 bits per heavy atom. The molecule has 1 aromatic heterocycles. The number of hydrogen-bond acceptors (Lipinski definition) is 3. The van der Waals surface area contributed by atoms with E-state index in [1.54, 1.807) is 0 Å². The van der Waals surface area contributed by atoms with Gasteiger partial charge in [0, 0.05) is 18.5 Å². The summed E-state index contributed by atoms with van der Waals surface area (Å²) >= 11 is 5.37. The van der Waals surface area contributed by atoms with Crippen LogP contribution in [0.15, 0.2) is 36.4 Å². The predicted octanol–water partition coefficient (Wildman–Crippen LogP) is 4.25. The van der Waals surface area contributed by atoms with Gasteiger partial charge in [-0.2, -0.15) is 0 Å². The van der Waals surface area contributed by atoms with E-state index in [-0.39, 0.29) is 5.60 Å². The van der Waals surface area contributed by atoms with Crippen molar-refractivity contribution in [3.8, 4) is 0 Å². The summed E-state index contributed by atoms with van der Waals surface area (Å²) in [6, 6.07) is 12.6. The molecular weight excluding hydrogens is 292 g/mol. The van der Waals surface area contributed by atoms with Crippen LogP contribution in [0.1, 0.15) is 30.5 Å². The molecule has 0 bridgehead atoms. The molecule has 0 spiro atoms. The third kappa shape index (κ3) is 3.57. The van der Waals surface area contributed by atoms with E-state index in [0.29, 0.717) is 6.61 Å². The van der Waals surface area contributed by atoms with Gasteiger partial charge in [0.25, 0.3) is 0 Å². The molecule has 3 nitrogen and oxygen atoms in total. The number of anilines is 1. The molecule has 0 aliphatic carbocycles. The van der Waals surface area contributed by atoms with Crippen molar-refractivity contribution in [2.75, 3.05) is 11.9 Å². The standard InChI is InChI=1S/C18H22N2OS/c1-18(2)11-14-10-16(22)20-17(15(14)12-21-18)19-9-8-13-6-4-3-5-7-13/h3-7,10H,8-9,11-12H2,1-2H3,(H2,19,20,22). The lowest BCUT2D eigenvalue weighted by molar-refractivity contribution is -0.0399. The van der Waals surface area contributed by atoms with Gasteiger partial charge in [-0.3, -0.25) is 0 Å². The minimum Gasteiger partial charge on any atom is -0.371 e. The second-order valence-electron chi connectivity index (χ2n) is 6.40. The van der Waals surface area contributed by atoms with Gasteiger partial charge in [0.05, 0.1) is 12.2 Å². The first-order valence-corrected chi connectivity index (χ1v) is 8.11. The summed E-state index contributed by atoms with van der Waals surface area (Å²) in [6.45, 7) is 5.74. The maximum Gasteiger partial charge on any atom is 0.110 e. The minimum atomic E-state index is -0.114. The van der Waals surface area contributed by atoms with Crippen molar-refractivity contribution in [3.05, 3.63) is 57.7 Å². The number of ether oxygens (including phenoxy) is 1. The van der Waals surface area contributed by atoms with Crippen molar-refractivity contribution in [2.24, 2.45) is 0 Å². The molecule has 0 saturated heterocycles. The quantitative estimate of drug-likeness (QED) is 0.828. The Balaban J connectivity index is 1.74. The second-order valence-corrected chi connectivity index (χ2v) is 6.84. The molecule has 4 heteroatoms. The van der Waals surface area contributed by atoms with E-state index in [1.165, 1.54) is 16.7 Å². The Bertz CT molecular complexity index is 707. The number of rotatable bonds is 4. The van der Waals surface area contributed by atoms with Gasteiger partial charge in [-0.15, -0.1) is 0 Å². The average molecular weight is 314 g/mol. The van der Waals surface area contributed by atoms with Crippen LogP contribution in [0.5, 0.6) is 0 Å².